The molecule has 1 N–H and O–H groups in total. The number of H-pyrrole nitrogens is 1. The maximum atomic E-state index is 13.0. The second-order valence-corrected chi connectivity index (χ2v) is 6.44. The van der Waals surface area contributed by atoms with Gasteiger partial charge in [0.2, 0.25) is 11.7 Å². The fourth-order valence-electron chi connectivity index (χ4n) is 2.62. The number of aromatic amines is 1. The van der Waals surface area contributed by atoms with Gasteiger partial charge in [-0.25, -0.2) is 0 Å². The lowest BCUT2D eigenvalue weighted by molar-refractivity contribution is -0.157. The summed E-state index contributed by atoms with van der Waals surface area (Å²) in [5.41, 5.74) is -1.17. The summed E-state index contributed by atoms with van der Waals surface area (Å²) in [6.07, 6.45) is -0.882. The molecule has 148 valence electrons. The van der Waals surface area contributed by atoms with Gasteiger partial charge in [-0.3, -0.25) is 14.4 Å². The summed E-state index contributed by atoms with van der Waals surface area (Å²) in [4.78, 5) is 41.0. The fourth-order valence-corrected chi connectivity index (χ4v) is 2.62. The molecule has 3 aromatic rings. The van der Waals surface area contributed by atoms with Crippen molar-refractivity contribution in [1.82, 2.24) is 20.0 Å². The van der Waals surface area contributed by atoms with E-state index in [1.807, 2.05) is 0 Å². The first-order valence-electron chi connectivity index (χ1n) is 8.56. The number of hydrogen-bond acceptors (Lipinski definition) is 8. The summed E-state index contributed by atoms with van der Waals surface area (Å²) < 4.78 is 15.7. The number of ether oxygens (including phenoxy) is 3. The normalized spacial score (nSPS) is 12.4. The number of rotatable bonds is 5. The lowest BCUT2D eigenvalue weighted by atomic mass is 10.2. The molecule has 28 heavy (non-hydrogen) atoms. The van der Waals surface area contributed by atoms with E-state index in [0.717, 1.165) is 4.80 Å². The summed E-state index contributed by atoms with van der Waals surface area (Å²) in [6, 6.07) is 2.96. The van der Waals surface area contributed by atoms with Crippen molar-refractivity contribution in [2.24, 2.45) is 5.92 Å². The lowest BCUT2D eigenvalue weighted by Crippen LogP contribution is -2.20. The largest absolute Gasteiger partial charge is 0.493 e. The van der Waals surface area contributed by atoms with Gasteiger partial charge in [-0.2, -0.15) is 0 Å². The van der Waals surface area contributed by atoms with Gasteiger partial charge in [0.05, 0.1) is 31.0 Å². The van der Waals surface area contributed by atoms with Gasteiger partial charge in [0.15, 0.2) is 22.5 Å². The van der Waals surface area contributed by atoms with Crippen molar-refractivity contribution in [3.63, 3.8) is 0 Å². The van der Waals surface area contributed by atoms with Crippen molar-refractivity contribution < 1.29 is 19.0 Å². The van der Waals surface area contributed by atoms with Crippen LogP contribution < -0.4 is 20.5 Å². The average molecular weight is 388 g/mol. The third-order valence-corrected chi connectivity index (χ3v) is 4.16. The SMILES string of the molecule is COc1cc2[nH]c(=O)c3nn(C(C)OC(=O)C(C)C)nc3c(=O)c2cc1OC. The Morgan fingerprint density at radius 1 is 1.04 bits per heavy atom. The molecule has 0 aliphatic heterocycles. The van der Waals surface area contributed by atoms with Crippen LogP contribution in [0.2, 0.25) is 0 Å². The first-order valence-corrected chi connectivity index (χ1v) is 8.56. The first kappa shape index (κ1) is 19.3. The minimum atomic E-state index is -0.882. The molecule has 2 aromatic heterocycles. The van der Waals surface area contributed by atoms with Gasteiger partial charge in [-0.05, 0) is 13.0 Å². The number of fused-ring (bicyclic) bond motifs is 2. The maximum Gasteiger partial charge on any atom is 0.310 e. The van der Waals surface area contributed by atoms with Gasteiger partial charge in [0.25, 0.3) is 5.56 Å². The molecule has 0 radical (unpaired) electrons. The topological polar surface area (TPSA) is 125 Å². The number of nitrogens with one attached hydrogen (secondary N) is 1. The van der Waals surface area contributed by atoms with Crippen LogP contribution in [0.4, 0.5) is 0 Å². The number of carbonyl (C=O) groups is 1. The monoisotopic (exact) mass is 388 g/mol. The minimum absolute atomic E-state index is 0.143. The smallest absolute Gasteiger partial charge is 0.310 e. The molecule has 0 spiro atoms. The molecule has 0 saturated heterocycles. The van der Waals surface area contributed by atoms with Gasteiger partial charge in [0.1, 0.15) is 0 Å². The summed E-state index contributed by atoms with van der Waals surface area (Å²) in [5, 5.41) is 8.34. The van der Waals surface area contributed by atoms with Gasteiger partial charge in [-0.1, -0.05) is 13.8 Å². The highest BCUT2D eigenvalue weighted by atomic mass is 16.6. The van der Waals surface area contributed by atoms with Gasteiger partial charge >= 0.3 is 5.97 Å². The number of benzene rings is 1. The molecule has 0 fully saturated rings. The zero-order chi connectivity index (χ0) is 20.6. The zero-order valence-corrected chi connectivity index (χ0v) is 16.1. The zero-order valence-electron chi connectivity index (χ0n) is 16.1. The molecule has 10 nitrogen and oxygen atoms in total. The van der Waals surface area contributed by atoms with Crippen molar-refractivity contribution >= 4 is 27.9 Å². The molecule has 1 unspecified atom stereocenters. The van der Waals surface area contributed by atoms with Crippen LogP contribution in [0.15, 0.2) is 21.7 Å². The van der Waals surface area contributed by atoms with E-state index in [4.69, 9.17) is 14.2 Å². The first-order chi connectivity index (χ1) is 13.3. The molecule has 0 aliphatic carbocycles. The third kappa shape index (κ3) is 3.28. The summed E-state index contributed by atoms with van der Waals surface area (Å²) in [5.74, 6) is -0.0897. The molecule has 0 bridgehead atoms. The van der Waals surface area contributed by atoms with Crippen LogP contribution in [0.1, 0.15) is 27.0 Å². The van der Waals surface area contributed by atoms with Crippen LogP contribution in [-0.4, -0.2) is 40.2 Å². The summed E-state index contributed by atoms with van der Waals surface area (Å²) in [7, 11) is 2.89. The molecule has 1 atom stereocenters. The molecular formula is C18H20N4O6. The lowest BCUT2D eigenvalue weighted by Gasteiger charge is -2.13. The van der Waals surface area contributed by atoms with E-state index in [0.29, 0.717) is 11.5 Å². The van der Waals surface area contributed by atoms with Gasteiger partial charge < -0.3 is 19.2 Å². The molecule has 2 heterocycles. The molecular weight excluding hydrogens is 368 g/mol. The third-order valence-electron chi connectivity index (χ3n) is 4.16. The van der Waals surface area contributed by atoms with E-state index in [2.05, 4.69) is 15.2 Å². The van der Waals surface area contributed by atoms with E-state index in [9.17, 15) is 14.4 Å². The van der Waals surface area contributed by atoms with Crippen LogP contribution >= 0.6 is 0 Å². The molecule has 0 saturated carbocycles. The highest BCUT2D eigenvalue weighted by molar-refractivity contribution is 5.88. The maximum absolute atomic E-state index is 13.0. The number of esters is 1. The van der Waals surface area contributed by atoms with Crippen LogP contribution in [0.5, 0.6) is 11.5 Å². The highest BCUT2D eigenvalue weighted by Crippen LogP contribution is 2.29. The Kier molecular flexibility index (Phi) is 5.04. The second kappa shape index (κ2) is 7.29. The predicted octanol–water partition coefficient (Wildman–Crippen LogP) is 1.37. The van der Waals surface area contributed by atoms with Crippen molar-refractivity contribution in [1.29, 1.82) is 0 Å². The quantitative estimate of drug-likeness (QED) is 0.650. The van der Waals surface area contributed by atoms with Crippen LogP contribution in [0.25, 0.3) is 21.9 Å². The van der Waals surface area contributed by atoms with E-state index < -0.39 is 23.2 Å². The standard InChI is InChI=1S/C18H20N4O6/c1-8(2)18(25)28-9(3)22-20-14-15(21-22)17(24)19-11-7-13(27-5)12(26-4)6-10(11)16(14)23/h6-9H,1-5H3,(H,19,24). The molecule has 0 aliphatic rings. The molecule has 1 aromatic carbocycles. The minimum Gasteiger partial charge on any atom is -0.493 e. The average Bonchev–Trinajstić information content (AvgIpc) is 3.09. The number of carbonyl (C=O) groups excluding carboxylic acids is 1. The van der Waals surface area contributed by atoms with Gasteiger partial charge in [0, 0.05) is 6.07 Å². The summed E-state index contributed by atoms with van der Waals surface area (Å²) >= 11 is 0. The number of aromatic nitrogens is 4. The van der Waals surface area contributed by atoms with Crippen molar-refractivity contribution in [2.75, 3.05) is 14.2 Å². The van der Waals surface area contributed by atoms with E-state index in [1.54, 1.807) is 20.8 Å². The van der Waals surface area contributed by atoms with Crippen LogP contribution in [0.3, 0.4) is 0 Å². The Labute approximate surface area is 159 Å². The van der Waals surface area contributed by atoms with Crippen molar-refractivity contribution in [2.45, 2.75) is 27.0 Å². The summed E-state index contributed by atoms with van der Waals surface area (Å²) in [6.45, 7) is 4.93. The Morgan fingerprint density at radius 2 is 1.64 bits per heavy atom. The number of hydrogen-bond donors (Lipinski definition) is 1. The van der Waals surface area contributed by atoms with Crippen LogP contribution in [-0.2, 0) is 9.53 Å². The number of nitrogens with zero attached hydrogens (tertiary/aromatic N) is 3. The second-order valence-electron chi connectivity index (χ2n) is 6.44. The van der Waals surface area contributed by atoms with E-state index >= 15 is 0 Å². The Hall–Kier alpha value is -3.43. The van der Waals surface area contributed by atoms with Crippen molar-refractivity contribution in [3.05, 3.63) is 32.7 Å². The fraction of sp³-hybridized carbons (Fsp3) is 0.389. The Morgan fingerprint density at radius 3 is 2.25 bits per heavy atom. The van der Waals surface area contributed by atoms with E-state index in [1.165, 1.54) is 26.4 Å². The van der Waals surface area contributed by atoms with Crippen molar-refractivity contribution in [3.8, 4) is 11.5 Å². The number of methoxy groups -OCH3 is 2. The Bertz CT molecular complexity index is 1180. The van der Waals surface area contributed by atoms with Gasteiger partial charge in [-0.15, -0.1) is 15.0 Å². The molecule has 0 amide bonds. The van der Waals surface area contributed by atoms with E-state index in [-0.39, 0.29) is 27.9 Å². The van der Waals surface area contributed by atoms with Crippen LogP contribution in [0, 0.1) is 5.92 Å². The highest BCUT2D eigenvalue weighted by Gasteiger charge is 2.20. The Balaban J connectivity index is 2.24. The molecule has 3 rings (SSSR count). The predicted molar refractivity (Wildman–Crippen MR) is 101 cm³/mol. The molecule has 10 heteroatoms.